The second-order valence-electron chi connectivity index (χ2n) is 4.78. The summed E-state index contributed by atoms with van der Waals surface area (Å²) in [6.45, 7) is 6.95. The number of halogens is 1. The Hall–Kier alpha value is 0.724. The smallest absolute Gasteiger partial charge is 0.161 e. The van der Waals surface area contributed by atoms with E-state index in [1.807, 2.05) is 0 Å². The molecule has 1 aliphatic rings. The highest BCUT2D eigenvalue weighted by molar-refractivity contribution is 7.21. The van der Waals surface area contributed by atoms with Crippen molar-refractivity contribution in [3.63, 3.8) is 0 Å². The maximum absolute atomic E-state index is 6.69. The summed E-state index contributed by atoms with van der Waals surface area (Å²) in [5, 5.41) is 0.412. The molecule has 0 atom stereocenters. The van der Waals surface area contributed by atoms with Gasteiger partial charge in [0.1, 0.15) is 0 Å². The predicted octanol–water partition coefficient (Wildman–Crippen LogP) is 2.70. The zero-order chi connectivity index (χ0) is 8.54. The molecule has 1 aliphatic heterocycles. The van der Waals surface area contributed by atoms with Gasteiger partial charge in [0, 0.05) is 0 Å². The molecule has 1 saturated heterocycles. The maximum atomic E-state index is 6.69. The predicted molar refractivity (Wildman–Crippen MR) is 66.1 cm³/mol. The summed E-state index contributed by atoms with van der Waals surface area (Å²) in [5.74, 6) is 0. The fourth-order valence-electron chi connectivity index (χ4n) is 1.86. The van der Waals surface area contributed by atoms with Gasteiger partial charge in [0.15, 0.2) is 7.38 Å². The van der Waals surface area contributed by atoms with Gasteiger partial charge in [-0.15, -0.1) is 0 Å². The first-order chi connectivity index (χ1) is 4.96. The molecule has 0 amide bonds. The van der Waals surface area contributed by atoms with Gasteiger partial charge in [0.25, 0.3) is 0 Å². The summed E-state index contributed by atoms with van der Waals surface area (Å²) >= 11 is 6.69. The van der Waals surface area contributed by atoms with Gasteiger partial charge in [-0.2, -0.15) is 11.1 Å². The Morgan fingerprint density at radius 3 is 1.67 bits per heavy atom. The Balaban J connectivity index is 0.00000121. The third-order valence-corrected chi connectivity index (χ3v) is 10.8. The van der Waals surface area contributed by atoms with Crippen molar-refractivity contribution in [3.8, 4) is 0 Å². The average Bonchev–Trinajstić information content (AvgIpc) is 1.87. The van der Waals surface area contributed by atoms with Gasteiger partial charge in [0.2, 0.25) is 0 Å². The van der Waals surface area contributed by atoms with E-state index in [-0.39, 0.29) is 11.0 Å². The summed E-state index contributed by atoms with van der Waals surface area (Å²) in [6.07, 6.45) is 4.18. The number of hydrogen-bond donors (Lipinski definition) is 0. The van der Waals surface area contributed by atoms with Crippen molar-refractivity contribution in [2.45, 2.75) is 57.2 Å². The molecule has 0 N–H and O–H groups in total. The van der Waals surface area contributed by atoms with Crippen molar-refractivity contribution in [2.75, 3.05) is 0 Å². The Morgan fingerprint density at radius 2 is 1.42 bits per heavy atom. The fourth-order valence-corrected chi connectivity index (χ4v) is 6.03. The standard InChI is InChI=1S/C9H19ClSi.H4Si/c1-9(2,3)11(10)7-5-4-6-8-11;/h4-8H2,1-3H3;1H4. The largest absolute Gasteiger partial charge is 0.166 e. The van der Waals surface area contributed by atoms with E-state index in [1.54, 1.807) is 0 Å². The van der Waals surface area contributed by atoms with Crippen LogP contribution < -0.4 is 0 Å². The summed E-state index contributed by atoms with van der Waals surface area (Å²) in [7, 11) is -1.37. The minimum Gasteiger partial charge on any atom is -0.166 e. The van der Waals surface area contributed by atoms with Crippen LogP contribution in [0, 0.1) is 0 Å². The van der Waals surface area contributed by atoms with E-state index in [4.69, 9.17) is 11.1 Å². The normalized spacial score (nSPS) is 23.0. The Kier molecular flexibility index (Phi) is 4.55. The highest BCUT2D eigenvalue weighted by Crippen LogP contribution is 2.48. The molecule has 0 nitrogen and oxygen atoms in total. The van der Waals surface area contributed by atoms with Crippen LogP contribution >= 0.6 is 11.1 Å². The van der Waals surface area contributed by atoms with E-state index < -0.39 is 7.38 Å². The van der Waals surface area contributed by atoms with E-state index in [1.165, 1.54) is 31.4 Å². The topological polar surface area (TPSA) is 0 Å². The molecule has 3 heteroatoms. The molecule has 12 heavy (non-hydrogen) atoms. The molecule has 1 fully saturated rings. The number of rotatable bonds is 0. The first-order valence-corrected chi connectivity index (χ1v) is 8.07. The van der Waals surface area contributed by atoms with Gasteiger partial charge in [-0.25, -0.2) is 0 Å². The van der Waals surface area contributed by atoms with Crippen LogP contribution in [-0.4, -0.2) is 18.3 Å². The first kappa shape index (κ1) is 12.7. The molecule has 0 aliphatic carbocycles. The minimum atomic E-state index is -1.37. The zero-order valence-electron chi connectivity index (χ0n) is 7.91. The van der Waals surface area contributed by atoms with Crippen LogP contribution in [0.5, 0.6) is 0 Å². The van der Waals surface area contributed by atoms with E-state index in [0.717, 1.165) is 0 Å². The molecular weight excluding hydrogens is 200 g/mol. The van der Waals surface area contributed by atoms with E-state index in [2.05, 4.69) is 20.8 Å². The third kappa shape index (κ3) is 2.61. The van der Waals surface area contributed by atoms with Gasteiger partial charge >= 0.3 is 0 Å². The molecule has 1 heterocycles. The molecule has 0 bridgehead atoms. The van der Waals surface area contributed by atoms with Crippen molar-refractivity contribution in [2.24, 2.45) is 0 Å². The Bertz CT molecular complexity index is 134. The van der Waals surface area contributed by atoms with Crippen molar-refractivity contribution >= 4 is 29.4 Å². The Morgan fingerprint density at radius 1 is 1.00 bits per heavy atom. The highest BCUT2D eigenvalue weighted by atomic mass is 35.6. The average molecular weight is 223 g/mol. The minimum absolute atomic E-state index is 0. The molecule has 0 unspecified atom stereocenters. The van der Waals surface area contributed by atoms with Gasteiger partial charge in [-0.1, -0.05) is 40.0 Å². The van der Waals surface area contributed by atoms with Crippen LogP contribution in [0.1, 0.15) is 40.0 Å². The van der Waals surface area contributed by atoms with Crippen molar-refractivity contribution in [3.05, 3.63) is 0 Å². The Labute approximate surface area is 86.8 Å². The molecule has 0 aromatic rings. The lowest BCUT2D eigenvalue weighted by molar-refractivity contribution is 0.646. The van der Waals surface area contributed by atoms with Crippen LogP contribution in [0.15, 0.2) is 0 Å². The van der Waals surface area contributed by atoms with E-state index in [9.17, 15) is 0 Å². The lowest BCUT2D eigenvalue weighted by Crippen LogP contribution is -2.39. The zero-order valence-corrected chi connectivity index (χ0v) is 9.67. The van der Waals surface area contributed by atoms with Crippen LogP contribution in [0.2, 0.25) is 17.1 Å². The monoisotopic (exact) mass is 222 g/mol. The van der Waals surface area contributed by atoms with Crippen molar-refractivity contribution < 1.29 is 0 Å². The molecule has 0 radical (unpaired) electrons. The molecule has 1 rings (SSSR count). The lowest BCUT2D eigenvalue weighted by Gasteiger charge is -2.40. The fraction of sp³-hybridized carbons (Fsp3) is 1.00. The number of hydrogen-bond acceptors (Lipinski definition) is 0. The third-order valence-electron chi connectivity index (χ3n) is 2.99. The van der Waals surface area contributed by atoms with Crippen molar-refractivity contribution in [1.29, 1.82) is 0 Å². The lowest BCUT2D eigenvalue weighted by atomic mass is 10.2. The van der Waals surface area contributed by atoms with Gasteiger partial charge < -0.3 is 0 Å². The SMILES string of the molecule is CC(C)(C)[Si]1(Cl)CCCCC1.[SiH4]. The molecule has 0 saturated carbocycles. The maximum Gasteiger partial charge on any atom is 0.161 e. The summed E-state index contributed by atoms with van der Waals surface area (Å²) in [5.41, 5.74) is 0. The molecule has 0 spiro atoms. The van der Waals surface area contributed by atoms with Crippen LogP contribution in [0.3, 0.4) is 0 Å². The van der Waals surface area contributed by atoms with E-state index >= 15 is 0 Å². The van der Waals surface area contributed by atoms with Crippen LogP contribution in [-0.2, 0) is 0 Å². The van der Waals surface area contributed by atoms with Crippen molar-refractivity contribution in [1.82, 2.24) is 0 Å². The van der Waals surface area contributed by atoms with Gasteiger partial charge in [-0.3, -0.25) is 0 Å². The second-order valence-corrected chi connectivity index (χ2v) is 11.4. The second kappa shape index (κ2) is 4.29. The quantitative estimate of drug-likeness (QED) is 0.437. The van der Waals surface area contributed by atoms with Gasteiger partial charge in [0.05, 0.1) is 0 Å². The summed E-state index contributed by atoms with van der Waals surface area (Å²) < 4.78 is 0. The van der Waals surface area contributed by atoms with Crippen LogP contribution in [0.4, 0.5) is 0 Å². The molecule has 0 aromatic carbocycles. The summed E-state index contributed by atoms with van der Waals surface area (Å²) in [6, 6.07) is 2.69. The van der Waals surface area contributed by atoms with E-state index in [0.29, 0.717) is 5.04 Å². The molecule has 0 aromatic heterocycles. The summed E-state index contributed by atoms with van der Waals surface area (Å²) in [4.78, 5) is 0. The highest BCUT2D eigenvalue weighted by Gasteiger charge is 2.43. The molecule has 74 valence electrons. The molecular formula is C9H23ClSi2. The van der Waals surface area contributed by atoms with Crippen LogP contribution in [0.25, 0.3) is 0 Å². The van der Waals surface area contributed by atoms with Gasteiger partial charge in [-0.05, 0) is 28.1 Å². The first-order valence-electron chi connectivity index (χ1n) is 4.65.